The molecule has 2 rings (SSSR count). The molecule has 0 radical (unpaired) electrons. The Balaban J connectivity index is 1.85. The van der Waals surface area contributed by atoms with Crippen LogP contribution in [-0.4, -0.2) is 49.1 Å². The average molecular weight is 309 g/mol. The fourth-order valence-electron chi connectivity index (χ4n) is 2.89. The number of nitrogens with one attached hydrogen (secondary N) is 1. The van der Waals surface area contributed by atoms with Crippen LogP contribution in [0, 0.1) is 0 Å². The number of hydrogen-bond donors (Lipinski definition) is 1. The summed E-state index contributed by atoms with van der Waals surface area (Å²) in [6, 6.07) is 5.48. The largest absolute Gasteiger partial charge is 0.331 e. The van der Waals surface area contributed by atoms with Crippen molar-refractivity contribution in [2.45, 2.75) is 44.7 Å². The topological polar surface area (TPSA) is 35.6 Å². The van der Waals surface area contributed by atoms with Gasteiger partial charge in [0.1, 0.15) is 0 Å². The van der Waals surface area contributed by atoms with Crippen LogP contribution in [0.2, 0.25) is 0 Å². The molecule has 1 atom stereocenters. The molecule has 0 aromatic carbocycles. The minimum Gasteiger partial charge on any atom is -0.331 e. The van der Waals surface area contributed by atoms with Crippen LogP contribution in [-0.2, 0) is 0 Å². The molecule has 0 bridgehead atoms. The molecule has 1 fully saturated rings. The van der Waals surface area contributed by atoms with Crippen molar-refractivity contribution in [1.82, 2.24) is 15.1 Å². The molecule has 2 heterocycles. The third kappa shape index (κ3) is 4.45. The second kappa shape index (κ2) is 7.80. The fraction of sp³-hybridized carbons (Fsp3) is 0.688. The number of nitrogens with zero attached hydrogens (tertiary/aromatic N) is 2. The molecular formula is C16H27N3OS. The summed E-state index contributed by atoms with van der Waals surface area (Å²) in [4.78, 5) is 17.0. The van der Waals surface area contributed by atoms with Crippen molar-refractivity contribution >= 4 is 17.4 Å². The van der Waals surface area contributed by atoms with E-state index in [1.165, 1.54) is 17.7 Å². The normalized spacial score (nSPS) is 17.8. The Kier molecular flexibility index (Phi) is 6.06. The van der Waals surface area contributed by atoms with Gasteiger partial charge in [0.25, 0.3) is 0 Å². The van der Waals surface area contributed by atoms with Gasteiger partial charge in [0.2, 0.25) is 0 Å². The third-order valence-electron chi connectivity index (χ3n) is 4.05. The van der Waals surface area contributed by atoms with Crippen molar-refractivity contribution in [2.75, 3.05) is 27.2 Å². The summed E-state index contributed by atoms with van der Waals surface area (Å²) in [6.07, 6.45) is 4.46. The van der Waals surface area contributed by atoms with Crippen molar-refractivity contribution in [3.05, 3.63) is 22.4 Å². The lowest BCUT2D eigenvalue weighted by Crippen LogP contribution is -2.48. The highest BCUT2D eigenvalue weighted by Gasteiger charge is 2.25. The van der Waals surface area contributed by atoms with Crippen LogP contribution in [0.3, 0.4) is 0 Å². The van der Waals surface area contributed by atoms with Crippen molar-refractivity contribution < 1.29 is 4.79 Å². The Morgan fingerprint density at radius 3 is 2.71 bits per heavy atom. The molecule has 5 heteroatoms. The van der Waals surface area contributed by atoms with Crippen LogP contribution < -0.4 is 5.32 Å². The van der Waals surface area contributed by atoms with Crippen LogP contribution in [0.4, 0.5) is 4.79 Å². The molecule has 1 aromatic rings. The zero-order valence-corrected chi connectivity index (χ0v) is 14.2. The number of amides is 2. The molecule has 0 spiro atoms. The van der Waals surface area contributed by atoms with Gasteiger partial charge in [-0.05, 0) is 30.7 Å². The van der Waals surface area contributed by atoms with Crippen LogP contribution in [0.25, 0.3) is 0 Å². The lowest BCUT2D eigenvalue weighted by Gasteiger charge is -2.35. The standard InChI is InChI=1S/C16H27N3OS/c1-4-6-14(15-7-5-12-21-15)17-13-8-10-19(11-9-13)16(20)18(2)3/h5,7,12-14,17H,4,6,8-11H2,1-3H3. The molecule has 1 aromatic heterocycles. The molecule has 21 heavy (non-hydrogen) atoms. The van der Waals surface area contributed by atoms with Crippen molar-refractivity contribution in [3.8, 4) is 0 Å². The summed E-state index contributed by atoms with van der Waals surface area (Å²) >= 11 is 1.84. The van der Waals surface area contributed by atoms with Gasteiger partial charge in [0.15, 0.2) is 0 Å². The van der Waals surface area contributed by atoms with E-state index in [2.05, 4.69) is 29.8 Å². The molecule has 118 valence electrons. The maximum atomic E-state index is 11.9. The van der Waals surface area contributed by atoms with Gasteiger partial charge < -0.3 is 15.1 Å². The second-order valence-corrected chi connectivity index (χ2v) is 6.94. The number of carbonyl (C=O) groups excluding carboxylic acids is 1. The molecule has 1 N–H and O–H groups in total. The lowest BCUT2D eigenvalue weighted by molar-refractivity contribution is 0.150. The number of rotatable bonds is 5. The molecule has 1 aliphatic heterocycles. The predicted octanol–water partition coefficient (Wildman–Crippen LogP) is 3.32. The van der Waals surface area contributed by atoms with E-state index >= 15 is 0 Å². The Morgan fingerprint density at radius 1 is 1.48 bits per heavy atom. The summed E-state index contributed by atoms with van der Waals surface area (Å²) in [5, 5.41) is 5.96. The Morgan fingerprint density at radius 2 is 2.19 bits per heavy atom. The molecule has 1 unspecified atom stereocenters. The highest BCUT2D eigenvalue weighted by molar-refractivity contribution is 7.10. The minimum atomic E-state index is 0.136. The summed E-state index contributed by atoms with van der Waals surface area (Å²) in [7, 11) is 3.64. The maximum Gasteiger partial charge on any atom is 0.319 e. The number of piperidine rings is 1. The number of thiophene rings is 1. The van der Waals surface area contributed by atoms with Crippen LogP contribution in [0.1, 0.15) is 43.5 Å². The number of hydrogen-bond acceptors (Lipinski definition) is 3. The highest BCUT2D eigenvalue weighted by Crippen LogP contribution is 2.25. The van der Waals surface area contributed by atoms with E-state index in [-0.39, 0.29) is 6.03 Å². The zero-order valence-electron chi connectivity index (χ0n) is 13.3. The number of likely N-dealkylation sites (tertiary alicyclic amines) is 1. The average Bonchev–Trinajstić information content (AvgIpc) is 3.01. The highest BCUT2D eigenvalue weighted by atomic mass is 32.1. The van der Waals surface area contributed by atoms with Gasteiger partial charge in [-0.1, -0.05) is 19.4 Å². The number of carbonyl (C=O) groups is 1. The first-order chi connectivity index (χ1) is 10.1. The third-order valence-corrected chi connectivity index (χ3v) is 5.03. The summed E-state index contributed by atoms with van der Waals surface area (Å²) in [5.41, 5.74) is 0. The van der Waals surface area contributed by atoms with Gasteiger partial charge >= 0.3 is 6.03 Å². The fourth-order valence-corrected chi connectivity index (χ4v) is 3.71. The monoisotopic (exact) mass is 309 g/mol. The maximum absolute atomic E-state index is 11.9. The van der Waals surface area contributed by atoms with E-state index in [0.29, 0.717) is 12.1 Å². The molecule has 2 amide bonds. The summed E-state index contributed by atoms with van der Waals surface area (Å²) in [5.74, 6) is 0. The van der Waals surface area contributed by atoms with E-state index in [1.807, 2.05) is 30.3 Å². The van der Waals surface area contributed by atoms with E-state index < -0.39 is 0 Å². The van der Waals surface area contributed by atoms with Crippen LogP contribution >= 0.6 is 11.3 Å². The van der Waals surface area contributed by atoms with Crippen molar-refractivity contribution in [3.63, 3.8) is 0 Å². The molecule has 0 saturated carbocycles. The van der Waals surface area contributed by atoms with Gasteiger partial charge in [0, 0.05) is 44.1 Å². The first kappa shape index (κ1) is 16.3. The summed E-state index contributed by atoms with van der Waals surface area (Å²) < 4.78 is 0. The molecule has 1 aliphatic rings. The van der Waals surface area contributed by atoms with Gasteiger partial charge in [0.05, 0.1) is 0 Å². The molecule has 1 saturated heterocycles. The smallest absolute Gasteiger partial charge is 0.319 e. The van der Waals surface area contributed by atoms with E-state index in [1.54, 1.807) is 4.90 Å². The minimum absolute atomic E-state index is 0.136. The van der Waals surface area contributed by atoms with E-state index in [0.717, 1.165) is 25.9 Å². The Hall–Kier alpha value is -1.07. The van der Waals surface area contributed by atoms with Crippen LogP contribution in [0.5, 0.6) is 0 Å². The number of urea groups is 1. The first-order valence-corrected chi connectivity index (χ1v) is 8.75. The molecule has 0 aliphatic carbocycles. The van der Waals surface area contributed by atoms with Gasteiger partial charge in [-0.15, -0.1) is 11.3 Å². The van der Waals surface area contributed by atoms with Gasteiger partial charge in [-0.3, -0.25) is 0 Å². The van der Waals surface area contributed by atoms with E-state index in [4.69, 9.17) is 0 Å². The quantitative estimate of drug-likeness (QED) is 0.905. The predicted molar refractivity (Wildman–Crippen MR) is 88.8 cm³/mol. The zero-order chi connectivity index (χ0) is 15.2. The molecule has 4 nitrogen and oxygen atoms in total. The lowest BCUT2D eigenvalue weighted by atomic mass is 10.0. The van der Waals surface area contributed by atoms with Gasteiger partial charge in [-0.2, -0.15) is 0 Å². The van der Waals surface area contributed by atoms with Crippen molar-refractivity contribution in [2.24, 2.45) is 0 Å². The summed E-state index contributed by atoms with van der Waals surface area (Å²) in [6.45, 7) is 3.95. The SMILES string of the molecule is CCCC(NC1CCN(C(=O)N(C)C)CC1)c1cccs1. The second-order valence-electron chi connectivity index (χ2n) is 5.96. The Labute approximate surface area is 132 Å². The first-order valence-electron chi connectivity index (χ1n) is 7.87. The van der Waals surface area contributed by atoms with Crippen molar-refractivity contribution in [1.29, 1.82) is 0 Å². The van der Waals surface area contributed by atoms with Gasteiger partial charge in [-0.25, -0.2) is 4.79 Å². The van der Waals surface area contributed by atoms with E-state index in [9.17, 15) is 4.79 Å². The molecular weight excluding hydrogens is 282 g/mol. The Bertz CT molecular complexity index is 425. The van der Waals surface area contributed by atoms with Crippen LogP contribution in [0.15, 0.2) is 17.5 Å².